The van der Waals surface area contributed by atoms with E-state index < -0.39 is 4.92 Å². The number of nitrogens with zero attached hydrogens (tertiary/aromatic N) is 2. The van der Waals surface area contributed by atoms with Gasteiger partial charge in [-0.2, -0.15) is 0 Å². The first-order valence-corrected chi connectivity index (χ1v) is 5.29. The number of pyridine rings is 1. The van der Waals surface area contributed by atoms with Crippen LogP contribution in [-0.4, -0.2) is 15.7 Å². The highest BCUT2D eigenvalue weighted by Gasteiger charge is 2.11. The maximum atomic E-state index is 10.7. The molecule has 0 spiro atoms. The van der Waals surface area contributed by atoms with E-state index in [0.29, 0.717) is 5.56 Å². The first-order valence-electron chi connectivity index (χ1n) is 5.29. The van der Waals surface area contributed by atoms with Gasteiger partial charge >= 0.3 is 0 Å². The Hall–Kier alpha value is -2.96. The molecule has 0 atom stereocenters. The monoisotopic (exact) mass is 258 g/mol. The lowest BCUT2D eigenvalue weighted by Crippen LogP contribution is -2.12. The van der Waals surface area contributed by atoms with Crippen molar-refractivity contribution in [3.05, 3.63) is 58.3 Å². The highest BCUT2D eigenvalue weighted by molar-refractivity contribution is 5.97. The first-order chi connectivity index (χ1) is 9.08. The number of amidine groups is 1. The maximum absolute atomic E-state index is 10.7. The molecule has 1 aromatic heterocycles. The quantitative estimate of drug-likeness (QED) is 0.377. The van der Waals surface area contributed by atoms with Crippen LogP contribution in [0.3, 0.4) is 0 Å². The van der Waals surface area contributed by atoms with Gasteiger partial charge in [0.25, 0.3) is 5.69 Å². The zero-order chi connectivity index (χ0) is 13.8. The van der Waals surface area contributed by atoms with Crippen molar-refractivity contribution in [2.45, 2.75) is 0 Å². The van der Waals surface area contributed by atoms with E-state index in [9.17, 15) is 10.1 Å². The molecule has 96 valence electrons. The molecule has 0 aliphatic rings. The molecule has 0 saturated heterocycles. The number of ether oxygens (including phenoxy) is 1. The predicted octanol–water partition coefficient (Wildman–Crippen LogP) is 2.07. The minimum absolute atomic E-state index is 0.0854. The van der Waals surface area contributed by atoms with Gasteiger partial charge in [0.15, 0.2) is 0 Å². The molecule has 0 aliphatic carbocycles. The summed E-state index contributed by atoms with van der Waals surface area (Å²) in [6, 6.07) is 8.91. The number of hydrogen-bond donors (Lipinski definition) is 2. The Morgan fingerprint density at radius 2 is 2.16 bits per heavy atom. The smallest absolute Gasteiger partial charge is 0.273 e. The number of nitrogens with one attached hydrogen (secondary N) is 1. The van der Waals surface area contributed by atoms with Gasteiger partial charge in [-0.15, -0.1) is 0 Å². The van der Waals surface area contributed by atoms with Gasteiger partial charge in [-0.1, -0.05) is 6.07 Å². The van der Waals surface area contributed by atoms with Gasteiger partial charge in [-0.05, 0) is 18.2 Å². The number of nitrogens with two attached hydrogens (primary N) is 1. The number of aromatic nitrogens is 1. The van der Waals surface area contributed by atoms with Crippen LogP contribution < -0.4 is 10.5 Å². The summed E-state index contributed by atoms with van der Waals surface area (Å²) in [5.41, 5.74) is 5.64. The normalized spacial score (nSPS) is 9.89. The Bertz CT molecular complexity index is 642. The molecule has 7 nitrogen and oxygen atoms in total. The van der Waals surface area contributed by atoms with Crippen molar-refractivity contribution < 1.29 is 9.66 Å². The fourth-order valence-corrected chi connectivity index (χ4v) is 1.45. The fraction of sp³-hybridized carbons (Fsp3) is 0. The number of non-ortho nitro benzene ring substituents is 1. The van der Waals surface area contributed by atoms with Crippen LogP contribution in [0.2, 0.25) is 0 Å². The van der Waals surface area contributed by atoms with Crippen LogP contribution in [0.15, 0.2) is 42.6 Å². The number of nitrogen functional groups attached to an aromatic ring is 1. The largest absolute Gasteiger partial charge is 0.438 e. The van der Waals surface area contributed by atoms with Gasteiger partial charge in [-0.25, -0.2) is 4.98 Å². The topological polar surface area (TPSA) is 115 Å². The molecule has 2 rings (SSSR count). The lowest BCUT2D eigenvalue weighted by atomic mass is 10.2. The number of benzene rings is 1. The van der Waals surface area contributed by atoms with Gasteiger partial charge in [0.2, 0.25) is 5.88 Å². The van der Waals surface area contributed by atoms with E-state index in [1.165, 1.54) is 24.4 Å². The molecule has 1 aromatic carbocycles. The van der Waals surface area contributed by atoms with Crippen molar-refractivity contribution in [1.82, 2.24) is 4.98 Å². The van der Waals surface area contributed by atoms with Crippen LogP contribution >= 0.6 is 0 Å². The molecule has 3 N–H and O–H groups in total. The molecule has 0 aliphatic heterocycles. The molecule has 0 saturated carbocycles. The zero-order valence-electron chi connectivity index (χ0n) is 9.74. The van der Waals surface area contributed by atoms with Gasteiger partial charge in [0.05, 0.1) is 16.6 Å². The summed E-state index contributed by atoms with van der Waals surface area (Å²) in [6.07, 6.45) is 1.49. The number of hydrogen-bond acceptors (Lipinski definition) is 5. The van der Waals surface area contributed by atoms with Gasteiger partial charge in [0.1, 0.15) is 11.6 Å². The zero-order valence-corrected chi connectivity index (χ0v) is 9.74. The van der Waals surface area contributed by atoms with Crippen LogP contribution in [0.25, 0.3) is 0 Å². The SMILES string of the molecule is N=C(N)c1cccnc1Oc1cccc([N+](=O)[O-])c1. The highest BCUT2D eigenvalue weighted by Crippen LogP contribution is 2.25. The van der Waals surface area contributed by atoms with E-state index in [-0.39, 0.29) is 23.2 Å². The Balaban J connectivity index is 2.34. The second-order valence-electron chi connectivity index (χ2n) is 3.63. The Morgan fingerprint density at radius 3 is 2.84 bits per heavy atom. The van der Waals surface area contributed by atoms with E-state index in [4.69, 9.17) is 15.9 Å². The molecule has 0 radical (unpaired) electrons. The van der Waals surface area contributed by atoms with E-state index in [2.05, 4.69) is 4.98 Å². The van der Waals surface area contributed by atoms with Crippen LogP contribution in [0.4, 0.5) is 5.69 Å². The van der Waals surface area contributed by atoms with Crippen molar-refractivity contribution in [2.24, 2.45) is 5.73 Å². The van der Waals surface area contributed by atoms with Crippen molar-refractivity contribution in [1.29, 1.82) is 5.41 Å². The minimum Gasteiger partial charge on any atom is -0.438 e. The van der Waals surface area contributed by atoms with Crippen molar-refractivity contribution >= 4 is 11.5 Å². The number of nitro benzene ring substituents is 1. The molecule has 0 fully saturated rings. The summed E-state index contributed by atoms with van der Waals surface area (Å²) in [4.78, 5) is 14.1. The maximum Gasteiger partial charge on any atom is 0.273 e. The lowest BCUT2D eigenvalue weighted by Gasteiger charge is -2.08. The van der Waals surface area contributed by atoms with Crippen LogP contribution in [0, 0.1) is 15.5 Å². The van der Waals surface area contributed by atoms with E-state index in [0.717, 1.165) is 0 Å². The van der Waals surface area contributed by atoms with Gasteiger partial charge in [-0.3, -0.25) is 15.5 Å². The first kappa shape index (κ1) is 12.5. The molecule has 2 aromatic rings. The Morgan fingerprint density at radius 1 is 1.37 bits per heavy atom. The Labute approximate surface area is 108 Å². The van der Waals surface area contributed by atoms with Crippen LogP contribution in [0.1, 0.15) is 5.56 Å². The van der Waals surface area contributed by atoms with Crippen molar-refractivity contribution in [3.63, 3.8) is 0 Å². The van der Waals surface area contributed by atoms with Crippen molar-refractivity contribution in [3.8, 4) is 11.6 Å². The molecule has 0 unspecified atom stereocenters. The summed E-state index contributed by atoms with van der Waals surface area (Å²) in [5, 5.41) is 18.1. The van der Waals surface area contributed by atoms with E-state index >= 15 is 0 Å². The summed E-state index contributed by atoms with van der Waals surface area (Å²) in [5.74, 6) is 0.208. The third kappa shape index (κ3) is 2.83. The van der Waals surface area contributed by atoms with E-state index in [1.54, 1.807) is 18.2 Å². The molecule has 0 bridgehead atoms. The molecule has 7 heteroatoms. The Kier molecular flexibility index (Phi) is 3.37. The standard InChI is InChI=1S/C12H10N4O3/c13-11(14)10-5-2-6-15-12(10)19-9-4-1-3-8(7-9)16(17)18/h1-7H,(H3,13,14). The summed E-state index contributed by atoms with van der Waals surface area (Å²) in [7, 11) is 0. The van der Waals surface area contributed by atoms with Gasteiger partial charge < -0.3 is 10.5 Å². The average Bonchev–Trinajstić information content (AvgIpc) is 2.39. The summed E-state index contributed by atoms with van der Waals surface area (Å²) in [6.45, 7) is 0. The van der Waals surface area contributed by atoms with Crippen LogP contribution in [-0.2, 0) is 0 Å². The minimum atomic E-state index is -0.517. The molecule has 1 heterocycles. The fourth-order valence-electron chi connectivity index (χ4n) is 1.45. The summed E-state index contributed by atoms with van der Waals surface area (Å²) < 4.78 is 5.43. The second-order valence-corrected chi connectivity index (χ2v) is 3.63. The van der Waals surface area contributed by atoms with E-state index in [1.807, 2.05) is 0 Å². The molecular formula is C12H10N4O3. The highest BCUT2D eigenvalue weighted by atomic mass is 16.6. The third-order valence-electron chi connectivity index (χ3n) is 2.30. The third-order valence-corrected chi connectivity index (χ3v) is 2.30. The molecular weight excluding hydrogens is 248 g/mol. The average molecular weight is 258 g/mol. The number of rotatable bonds is 4. The molecule has 19 heavy (non-hydrogen) atoms. The van der Waals surface area contributed by atoms with Crippen LogP contribution in [0.5, 0.6) is 11.6 Å². The second kappa shape index (κ2) is 5.13. The summed E-state index contributed by atoms with van der Waals surface area (Å²) >= 11 is 0. The lowest BCUT2D eigenvalue weighted by molar-refractivity contribution is -0.384. The van der Waals surface area contributed by atoms with Gasteiger partial charge in [0, 0.05) is 12.3 Å². The number of nitro groups is 1. The predicted molar refractivity (Wildman–Crippen MR) is 68.4 cm³/mol. The van der Waals surface area contributed by atoms with Crippen molar-refractivity contribution in [2.75, 3.05) is 0 Å². The molecule has 0 amide bonds.